The van der Waals surface area contributed by atoms with E-state index in [0.29, 0.717) is 13.0 Å². The summed E-state index contributed by atoms with van der Waals surface area (Å²) in [5.74, 6) is -2.15. The van der Waals surface area contributed by atoms with Crippen molar-refractivity contribution in [2.45, 2.75) is 84.9 Å². The van der Waals surface area contributed by atoms with Gasteiger partial charge in [-0.3, -0.25) is 19.2 Å². The van der Waals surface area contributed by atoms with E-state index in [1.807, 2.05) is 44.2 Å². The first-order valence-corrected chi connectivity index (χ1v) is 13.5. The van der Waals surface area contributed by atoms with E-state index < -0.39 is 54.4 Å². The fraction of sp³-hybridized carbons (Fsp3) is 0.571. The lowest BCUT2D eigenvalue weighted by Crippen LogP contribution is -2.63. The Labute approximate surface area is 237 Å². The SMILES string of the molecule is CC/C=C\C=C(/C)OCC1=C(Br)C=CC([C@@H]2O[C@H](COC(C)=O)[C@@H](OC(C)=O)[C@H](OC(C)=O)[C@H]2OC(C)=O)C1. The van der Waals surface area contributed by atoms with Crippen molar-refractivity contribution in [1.29, 1.82) is 0 Å². The van der Waals surface area contributed by atoms with E-state index in [0.717, 1.165) is 22.2 Å². The minimum Gasteiger partial charge on any atom is -0.494 e. The van der Waals surface area contributed by atoms with Gasteiger partial charge < -0.3 is 28.4 Å². The standard InChI is InChI=1S/C28H37BrO10/c1-7-8-9-10-16(2)34-14-22-13-21(11-12-23(22)29)25-27(37-19(5)32)28(38-20(6)33)26(36-18(4)31)24(39-25)15-35-17(3)30/h8-12,21,24-28H,7,13-15H2,1-6H3/b9-8-,16-10+/t21?,24-,25+,26-,27+,28+/m1/s1. The first kappa shape index (κ1) is 32.3. The van der Waals surface area contributed by atoms with Gasteiger partial charge in [0.05, 0.1) is 5.76 Å². The molecule has 11 heteroatoms. The van der Waals surface area contributed by atoms with Crippen LogP contribution in [0.15, 0.2) is 46.2 Å². The van der Waals surface area contributed by atoms with E-state index in [9.17, 15) is 19.2 Å². The predicted octanol–water partition coefficient (Wildman–Crippen LogP) is 4.22. The molecule has 0 N–H and O–H groups in total. The van der Waals surface area contributed by atoms with E-state index in [2.05, 4.69) is 15.9 Å². The van der Waals surface area contributed by atoms with Crippen molar-refractivity contribution in [3.8, 4) is 0 Å². The van der Waals surface area contributed by atoms with Crippen LogP contribution in [0.2, 0.25) is 0 Å². The molecule has 0 aromatic heterocycles. The van der Waals surface area contributed by atoms with E-state index in [-0.39, 0.29) is 12.5 Å². The van der Waals surface area contributed by atoms with Crippen molar-refractivity contribution in [2.75, 3.05) is 13.2 Å². The molecule has 6 atom stereocenters. The lowest BCUT2D eigenvalue weighted by Gasteiger charge is -2.46. The third-order valence-electron chi connectivity index (χ3n) is 5.94. The number of carbonyl (C=O) groups excluding carboxylic acids is 4. The normalized spacial score (nSPS) is 27.2. The molecule has 1 fully saturated rings. The Balaban J connectivity index is 2.39. The third-order valence-corrected chi connectivity index (χ3v) is 6.76. The molecule has 216 valence electrons. The van der Waals surface area contributed by atoms with Crippen LogP contribution in [0.1, 0.15) is 54.4 Å². The highest BCUT2D eigenvalue weighted by atomic mass is 79.9. The molecule has 0 aromatic rings. The molecule has 1 unspecified atom stereocenters. The zero-order valence-corrected chi connectivity index (χ0v) is 24.7. The zero-order valence-electron chi connectivity index (χ0n) is 23.1. The molecular formula is C28H37BrO10. The van der Waals surface area contributed by atoms with Gasteiger partial charge in [-0.25, -0.2) is 0 Å². The average Bonchev–Trinajstić information content (AvgIpc) is 2.84. The summed E-state index contributed by atoms with van der Waals surface area (Å²) >= 11 is 3.58. The van der Waals surface area contributed by atoms with Crippen LogP contribution >= 0.6 is 15.9 Å². The minimum absolute atomic E-state index is 0.268. The zero-order chi connectivity index (χ0) is 29.1. The number of ether oxygens (including phenoxy) is 6. The van der Waals surface area contributed by atoms with Crippen LogP contribution in [0, 0.1) is 5.92 Å². The van der Waals surface area contributed by atoms with Crippen molar-refractivity contribution in [3.05, 3.63) is 46.2 Å². The van der Waals surface area contributed by atoms with Gasteiger partial charge in [-0.1, -0.05) is 47.2 Å². The van der Waals surface area contributed by atoms with Gasteiger partial charge in [-0.2, -0.15) is 0 Å². The van der Waals surface area contributed by atoms with Crippen LogP contribution in [-0.2, 0) is 47.6 Å². The van der Waals surface area contributed by atoms with Crippen molar-refractivity contribution >= 4 is 39.8 Å². The summed E-state index contributed by atoms with van der Waals surface area (Å²) in [5, 5.41) is 0. The fourth-order valence-electron chi connectivity index (χ4n) is 4.32. The van der Waals surface area contributed by atoms with Crippen molar-refractivity contribution in [1.82, 2.24) is 0 Å². The molecule has 1 heterocycles. The molecule has 1 aliphatic heterocycles. The minimum atomic E-state index is -1.20. The largest absolute Gasteiger partial charge is 0.494 e. The molecule has 1 aliphatic carbocycles. The Morgan fingerprint density at radius 2 is 1.54 bits per heavy atom. The van der Waals surface area contributed by atoms with Gasteiger partial charge in [-0.15, -0.1) is 0 Å². The Kier molecular flexibility index (Phi) is 12.9. The van der Waals surface area contributed by atoms with Gasteiger partial charge in [0.25, 0.3) is 0 Å². The highest BCUT2D eigenvalue weighted by molar-refractivity contribution is 9.11. The summed E-state index contributed by atoms with van der Waals surface area (Å²) in [6.07, 6.45) is 5.64. The van der Waals surface area contributed by atoms with Crippen LogP contribution in [0.4, 0.5) is 0 Å². The van der Waals surface area contributed by atoms with Crippen molar-refractivity contribution in [2.24, 2.45) is 5.92 Å². The van der Waals surface area contributed by atoms with Gasteiger partial charge in [0.1, 0.15) is 25.4 Å². The van der Waals surface area contributed by atoms with Gasteiger partial charge in [0.15, 0.2) is 18.3 Å². The first-order chi connectivity index (χ1) is 18.4. The molecule has 0 spiro atoms. The smallest absolute Gasteiger partial charge is 0.303 e. The second-order valence-corrected chi connectivity index (χ2v) is 10.1. The quantitative estimate of drug-likeness (QED) is 0.145. The molecule has 1 saturated heterocycles. The molecule has 0 bridgehead atoms. The van der Waals surface area contributed by atoms with Crippen LogP contribution in [-0.4, -0.2) is 67.6 Å². The molecular weight excluding hydrogens is 576 g/mol. The Morgan fingerprint density at radius 1 is 0.923 bits per heavy atom. The average molecular weight is 613 g/mol. The van der Waals surface area contributed by atoms with Gasteiger partial charge in [0.2, 0.25) is 0 Å². The second kappa shape index (κ2) is 15.6. The van der Waals surface area contributed by atoms with Gasteiger partial charge in [0, 0.05) is 38.1 Å². The number of halogens is 1. The molecule has 0 saturated carbocycles. The van der Waals surface area contributed by atoms with E-state index in [1.165, 1.54) is 27.7 Å². The summed E-state index contributed by atoms with van der Waals surface area (Å²) in [6, 6.07) is 0. The molecule has 10 nitrogen and oxygen atoms in total. The molecule has 0 amide bonds. The monoisotopic (exact) mass is 612 g/mol. The maximum Gasteiger partial charge on any atom is 0.303 e. The van der Waals surface area contributed by atoms with E-state index in [4.69, 9.17) is 28.4 Å². The molecule has 2 aliphatic rings. The van der Waals surface area contributed by atoms with Gasteiger partial charge >= 0.3 is 23.9 Å². The number of allylic oxidation sites excluding steroid dienone is 6. The van der Waals surface area contributed by atoms with Crippen molar-refractivity contribution in [3.63, 3.8) is 0 Å². The Morgan fingerprint density at radius 3 is 2.13 bits per heavy atom. The fourth-order valence-corrected chi connectivity index (χ4v) is 4.75. The summed E-state index contributed by atoms with van der Waals surface area (Å²) in [7, 11) is 0. The first-order valence-electron chi connectivity index (χ1n) is 12.7. The second-order valence-electron chi connectivity index (χ2n) is 9.24. The highest BCUT2D eigenvalue weighted by Gasteiger charge is 2.53. The number of hydrogen-bond donors (Lipinski definition) is 0. The van der Waals surface area contributed by atoms with E-state index in [1.54, 1.807) is 0 Å². The number of carbonyl (C=O) groups is 4. The van der Waals surface area contributed by atoms with Crippen LogP contribution < -0.4 is 0 Å². The lowest BCUT2D eigenvalue weighted by molar-refractivity contribution is -0.258. The van der Waals surface area contributed by atoms with Crippen LogP contribution in [0.25, 0.3) is 0 Å². The molecule has 0 aromatic carbocycles. The summed E-state index contributed by atoms with van der Waals surface area (Å²) < 4.78 is 34.9. The van der Waals surface area contributed by atoms with Crippen LogP contribution in [0.3, 0.4) is 0 Å². The molecule has 0 radical (unpaired) electrons. The maximum absolute atomic E-state index is 12.1. The lowest BCUT2D eigenvalue weighted by atomic mass is 9.82. The van der Waals surface area contributed by atoms with E-state index >= 15 is 0 Å². The maximum atomic E-state index is 12.1. The summed E-state index contributed by atoms with van der Waals surface area (Å²) in [5.41, 5.74) is 0.933. The summed E-state index contributed by atoms with van der Waals surface area (Å²) in [4.78, 5) is 47.7. The third kappa shape index (κ3) is 10.3. The predicted molar refractivity (Wildman–Crippen MR) is 144 cm³/mol. The Hall–Kier alpha value is -2.92. The molecule has 39 heavy (non-hydrogen) atoms. The Bertz CT molecular complexity index is 1030. The number of hydrogen-bond acceptors (Lipinski definition) is 10. The highest BCUT2D eigenvalue weighted by Crippen LogP contribution is 2.38. The number of rotatable bonds is 11. The van der Waals surface area contributed by atoms with Crippen LogP contribution in [0.5, 0.6) is 0 Å². The topological polar surface area (TPSA) is 124 Å². The molecule has 2 rings (SSSR count). The van der Waals surface area contributed by atoms with Crippen molar-refractivity contribution < 1.29 is 47.6 Å². The number of esters is 4. The van der Waals surface area contributed by atoms with Gasteiger partial charge in [-0.05, 0) is 31.4 Å². The summed E-state index contributed by atoms with van der Waals surface area (Å²) in [6.45, 7) is 8.79.